The molecule has 1 fully saturated rings. The Morgan fingerprint density at radius 2 is 1.82 bits per heavy atom. The van der Waals surface area contributed by atoms with Gasteiger partial charge in [-0.15, -0.1) is 0 Å². The fourth-order valence-electron chi connectivity index (χ4n) is 2.49. The van der Waals surface area contributed by atoms with Gasteiger partial charge in [0.1, 0.15) is 0 Å². The van der Waals surface area contributed by atoms with Crippen molar-refractivity contribution in [1.29, 1.82) is 0 Å². The highest BCUT2D eigenvalue weighted by Gasteiger charge is 2.30. The average molecular weight is 346 g/mol. The van der Waals surface area contributed by atoms with E-state index in [1.54, 1.807) is 4.90 Å². The smallest absolute Gasteiger partial charge is 0.222 e. The van der Waals surface area contributed by atoms with Crippen LogP contribution in [-0.2, 0) is 24.5 Å². The monoisotopic (exact) mass is 346 g/mol. The summed E-state index contributed by atoms with van der Waals surface area (Å²) >= 11 is 0. The van der Waals surface area contributed by atoms with Gasteiger partial charge >= 0.3 is 0 Å². The van der Waals surface area contributed by atoms with E-state index in [0.717, 1.165) is 18.6 Å². The largest absolute Gasteiger partial charge is 0.370 e. The molecular formula is C13H18N2O5S2. The third kappa shape index (κ3) is 3.41. The molecule has 1 amide bonds. The molecule has 0 unspecified atom stereocenters. The molecule has 1 heterocycles. The van der Waals surface area contributed by atoms with Gasteiger partial charge in [-0.05, 0) is 24.6 Å². The predicted octanol–water partition coefficient (Wildman–Crippen LogP) is -0.195. The molecule has 1 atom stereocenters. The van der Waals surface area contributed by atoms with Gasteiger partial charge in [0.2, 0.25) is 5.91 Å². The van der Waals surface area contributed by atoms with Crippen LogP contribution in [0.25, 0.3) is 0 Å². The zero-order valence-electron chi connectivity index (χ0n) is 12.3. The molecule has 0 aromatic heterocycles. The third-order valence-corrected chi connectivity index (χ3v) is 5.93. The Hall–Kier alpha value is -1.61. The van der Waals surface area contributed by atoms with E-state index in [1.807, 2.05) is 0 Å². The molecule has 0 radical (unpaired) electrons. The minimum atomic E-state index is -3.61. The molecule has 0 aliphatic carbocycles. The summed E-state index contributed by atoms with van der Waals surface area (Å²) < 4.78 is 47.2. The number of hydrogen-bond donors (Lipinski definition) is 1. The van der Waals surface area contributed by atoms with E-state index in [-0.39, 0.29) is 15.7 Å². The van der Waals surface area contributed by atoms with Crippen molar-refractivity contribution in [3.63, 3.8) is 0 Å². The van der Waals surface area contributed by atoms with Crippen LogP contribution in [0, 0.1) is 5.92 Å². The van der Waals surface area contributed by atoms with Crippen LogP contribution in [0.1, 0.15) is 6.42 Å². The van der Waals surface area contributed by atoms with E-state index in [4.69, 9.17) is 5.73 Å². The summed E-state index contributed by atoms with van der Waals surface area (Å²) in [5, 5.41) is 0. The van der Waals surface area contributed by atoms with Crippen LogP contribution in [0.3, 0.4) is 0 Å². The molecule has 0 spiro atoms. The van der Waals surface area contributed by atoms with Gasteiger partial charge in [-0.2, -0.15) is 0 Å². The van der Waals surface area contributed by atoms with Crippen LogP contribution in [0.2, 0.25) is 0 Å². The highest BCUT2D eigenvalue weighted by Crippen LogP contribution is 2.32. The number of hydrogen-bond acceptors (Lipinski definition) is 6. The summed E-state index contributed by atoms with van der Waals surface area (Å²) in [7, 11) is -7.12. The van der Waals surface area contributed by atoms with Gasteiger partial charge in [0.25, 0.3) is 0 Å². The Kier molecular flexibility index (Phi) is 4.22. The molecule has 1 aromatic carbocycles. The molecule has 1 aliphatic heterocycles. The van der Waals surface area contributed by atoms with Crippen molar-refractivity contribution in [3.8, 4) is 0 Å². The molecule has 7 nitrogen and oxygen atoms in total. The number of nitrogens with two attached hydrogens (primary N) is 1. The lowest BCUT2D eigenvalue weighted by Gasteiger charge is -2.21. The maximum atomic E-state index is 12.0. The third-order valence-electron chi connectivity index (χ3n) is 3.69. The molecule has 2 rings (SSSR count). The summed E-state index contributed by atoms with van der Waals surface area (Å²) in [6.45, 7) is 0.824. The first-order valence-electron chi connectivity index (χ1n) is 6.58. The maximum absolute atomic E-state index is 12.0. The summed E-state index contributed by atoms with van der Waals surface area (Å²) in [5.41, 5.74) is 5.68. The molecule has 9 heteroatoms. The van der Waals surface area contributed by atoms with E-state index in [0.29, 0.717) is 25.2 Å². The number of amides is 1. The summed E-state index contributed by atoms with van der Waals surface area (Å²) in [4.78, 5) is 12.9. The van der Waals surface area contributed by atoms with E-state index in [9.17, 15) is 21.6 Å². The topological polar surface area (TPSA) is 115 Å². The number of anilines is 1. The molecule has 22 heavy (non-hydrogen) atoms. The van der Waals surface area contributed by atoms with E-state index in [1.165, 1.54) is 12.1 Å². The number of nitrogens with zero attached hydrogens (tertiary/aromatic N) is 1. The van der Waals surface area contributed by atoms with Crippen molar-refractivity contribution in [3.05, 3.63) is 18.2 Å². The van der Waals surface area contributed by atoms with Crippen LogP contribution in [0.4, 0.5) is 5.69 Å². The molecule has 122 valence electrons. The first kappa shape index (κ1) is 16.8. The van der Waals surface area contributed by atoms with Crippen LogP contribution in [0.5, 0.6) is 0 Å². The fraction of sp³-hybridized carbons (Fsp3) is 0.462. The zero-order valence-corrected chi connectivity index (χ0v) is 13.9. The Morgan fingerprint density at radius 1 is 1.18 bits per heavy atom. The highest BCUT2D eigenvalue weighted by atomic mass is 32.2. The average Bonchev–Trinajstić information content (AvgIpc) is 2.85. The van der Waals surface area contributed by atoms with Gasteiger partial charge in [0, 0.05) is 25.6 Å². The summed E-state index contributed by atoms with van der Waals surface area (Å²) in [6, 6.07) is 4.00. The van der Waals surface area contributed by atoms with Crippen molar-refractivity contribution in [2.75, 3.05) is 30.5 Å². The van der Waals surface area contributed by atoms with E-state index >= 15 is 0 Å². The molecular weight excluding hydrogens is 328 g/mol. The van der Waals surface area contributed by atoms with Gasteiger partial charge < -0.3 is 10.6 Å². The molecule has 1 aliphatic rings. The van der Waals surface area contributed by atoms with Crippen molar-refractivity contribution < 1.29 is 21.6 Å². The first-order valence-corrected chi connectivity index (χ1v) is 10.4. The normalized spacial score (nSPS) is 19.4. The van der Waals surface area contributed by atoms with Crippen LogP contribution in [-0.4, -0.2) is 48.3 Å². The number of rotatable bonds is 4. The second kappa shape index (κ2) is 5.54. The second-order valence-electron chi connectivity index (χ2n) is 5.51. The molecule has 2 N–H and O–H groups in total. The fourth-order valence-corrected chi connectivity index (χ4v) is 4.13. The molecule has 1 aromatic rings. The zero-order chi connectivity index (χ0) is 16.7. The minimum Gasteiger partial charge on any atom is -0.370 e. The van der Waals surface area contributed by atoms with Crippen molar-refractivity contribution >= 4 is 31.3 Å². The lowest BCUT2D eigenvalue weighted by molar-refractivity contribution is -0.121. The summed E-state index contributed by atoms with van der Waals surface area (Å²) in [6.07, 6.45) is 2.60. The quantitative estimate of drug-likeness (QED) is 0.808. The lowest BCUT2D eigenvalue weighted by Crippen LogP contribution is -2.28. The summed E-state index contributed by atoms with van der Waals surface area (Å²) in [5.74, 6) is -0.752. The number of carbonyl (C=O) groups is 1. The maximum Gasteiger partial charge on any atom is 0.222 e. The highest BCUT2D eigenvalue weighted by molar-refractivity contribution is 7.91. The van der Waals surface area contributed by atoms with E-state index < -0.39 is 25.6 Å². The predicted molar refractivity (Wildman–Crippen MR) is 82.2 cm³/mol. The lowest BCUT2D eigenvalue weighted by atomic mass is 10.1. The van der Waals surface area contributed by atoms with Crippen LogP contribution in [0.15, 0.2) is 28.0 Å². The first-order chi connectivity index (χ1) is 10.00. The van der Waals surface area contributed by atoms with Crippen molar-refractivity contribution in [1.82, 2.24) is 0 Å². The van der Waals surface area contributed by atoms with Crippen LogP contribution < -0.4 is 10.6 Å². The van der Waals surface area contributed by atoms with Gasteiger partial charge in [-0.1, -0.05) is 0 Å². The minimum absolute atomic E-state index is 0.0534. The number of primary amides is 1. The van der Waals surface area contributed by atoms with E-state index in [2.05, 4.69) is 0 Å². The number of carbonyl (C=O) groups excluding carboxylic acids is 1. The standard InChI is InChI=1S/C13H18N2O5S2/c1-21(17,18)10-3-4-11(12(7-10)22(2,19)20)15-6-5-9(8-15)13(14)16/h3-4,7,9H,5-6,8H2,1-2H3,(H2,14,16)/t9-/m1/s1. The SMILES string of the molecule is CS(=O)(=O)c1ccc(N2CC[C@@H](C(N)=O)C2)c(S(C)(=O)=O)c1. The molecule has 0 bridgehead atoms. The van der Waals surface area contributed by atoms with Gasteiger partial charge in [-0.25, -0.2) is 16.8 Å². The Bertz CT molecular complexity index is 815. The second-order valence-corrected chi connectivity index (χ2v) is 9.51. The molecule has 1 saturated heterocycles. The Labute approximate surface area is 129 Å². The van der Waals surface area contributed by atoms with Crippen molar-refractivity contribution in [2.24, 2.45) is 11.7 Å². The van der Waals surface area contributed by atoms with Gasteiger partial charge in [0.05, 0.1) is 21.4 Å². The number of benzene rings is 1. The van der Waals surface area contributed by atoms with Gasteiger partial charge in [0.15, 0.2) is 19.7 Å². The van der Waals surface area contributed by atoms with Crippen LogP contribution >= 0.6 is 0 Å². The number of sulfone groups is 2. The van der Waals surface area contributed by atoms with Gasteiger partial charge in [-0.3, -0.25) is 4.79 Å². The molecule has 0 saturated carbocycles. The Balaban J connectivity index is 2.51. The Morgan fingerprint density at radius 3 is 2.27 bits per heavy atom. The van der Waals surface area contributed by atoms with Crippen molar-refractivity contribution in [2.45, 2.75) is 16.2 Å².